The Bertz CT molecular complexity index is 1260. The van der Waals surface area contributed by atoms with Gasteiger partial charge < -0.3 is 10.2 Å². The first-order valence-electron chi connectivity index (χ1n) is 10.8. The van der Waals surface area contributed by atoms with Crippen molar-refractivity contribution in [1.82, 2.24) is 19.5 Å². The maximum Gasteiger partial charge on any atom is 0.253 e. The standard InChI is InChI=1S/C25H24ClN5O/c1-17-12-14-30(15-13-17)24(32)18-8-10-21(11-9-18)27-25-28-23-7-3-6-22(31(23)29-25)19-4-2-5-20(26)16-19/h2-11,16-17H,12-15H2,1H3,(H,27,29). The Morgan fingerprint density at radius 3 is 2.53 bits per heavy atom. The lowest BCUT2D eigenvalue weighted by Crippen LogP contribution is -2.37. The second-order valence-electron chi connectivity index (χ2n) is 8.30. The lowest BCUT2D eigenvalue weighted by Gasteiger charge is -2.30. The van der Waals surface area contributed by atoms with E-state index in [1.807, 2.05) is 71.6 Å². The van der Waals surface area contributed by atoms with Crippen molar-refractivity contribution in [3.63, 3.8) is 0 Å². The summed E-state index contributed by atoms with van der Waals surface area (Å²) in [6.45, 7) is 3.91. The number of hydrogen-bond donors (Lipinski definition) is 1. The van der Waals surface area contributed by atoms with Crippen LogP contribution in [0, 0.1) is 5.92 Å². The van der Waals surface area contributed by atoms with Crippen molar-refractivity contribution in [1.29, 1.82) is 0 Å². The molecule has 0 radical (unpaired) electrons. The zero-order chi connectivity index (χ0) is 22.1. The third-order valence-electron chi connectivity index (χ3n) is 5.94. The Labute approximate surface area is 191 Å². The molecule has 0 aliphatic carbocycles. The molecule has 7 heteroatoms. The number of piperidine rings is 1. The van der Waals surface area contributed by atoms with Crippen molar-refractivity contribution in [2.45, 2.75) is 19.8 Å². The van der Waals surface area contributed by atoms with Crippen molar-refractivity contribution in [2.75, 3.05) is 18.4 Å². The minimum atomic E-state index is 0.0977. The highest BCUT2D eigenvalue weighted by Crippen LogP contribution is 2.25. The zero-order valence-corrected chi connectivity index (χ0v) is 18.6. The molecule has 0 unspecified atom stereocenters. The molecule has 4 aromatic rings. The summed E-state index contributed by atoms with van der Waals surface area (Å²) in [6.07, 6.45) is 2.14. The number of amides is 1. The molecule has 32 heavy (non-hydrogen) atoms. The van der Waals surface area contributed by atoms with Gasteiger partial charge in [0.1, 0.15) is 0 Å². The van der Waals surface area contributed by atoms with Gasteiger partial charge in [0, 0.05) is 34.9 Å². The molecule has 3 heterocycles. The van der Waals surface area contributed by atoms with E-state index in [0.29, 0.717) is 22.5 Å². The first-order valence-corrected chi connectivity index (χ1v) is 11.2. The van der Waals surface area contributed by atoms with Gasteiger partial charge >= 0.3 is 0 Å². The molecule has 1 N–H and O–H groups in total. The first kappa shape index (κ1) is 20.5. The van der Waals surface area contributed by atoms with Gasteiger partial charge in [0.05, 0.1) is 5.69 Å². The Morgan fingerprint density at radius 1 is 1.03 bits per heavy atom. The van der Waals surface area contributed by atoms with E-state index in [0.717, 1.165) is 48.5 Å². The number of hydrogen-bond acceptors (Lipinski definition) is 4. The molecular weight excluding hydrogens is 422 g/mol. The summed E-state index contributed by atoms with van der Waals surface area (Å²) in [5.74, 6) is 1.28. The number of likely N-dealkylation sites (tertiary alicyclic amines) is 1. The molecule has 2 aromatic carbocycles. The van der Waals surface area contributed by atoms with Gasteiger partial charge in [0.25, 0.3) is 5.91 Å². The number of carbonyl (C=O) groups is 1. The summed E-state index contributed by atoms with van der Waals surface area (Å²) >= 11 is 6.16. The molecule has 0 bridgehead atoms. The van der Waals surface area contributed by atoms with Crippen LogP contribution in [0.3, 0.4) is 0 Å². The maximum atomic E-state index is 12.8. The topological polar surface area (TPSA) is 62.5 Å². The fourth-order valence-corrected chi connectivity index (χ4v) is 4.23. The molecule has 0 atom stereocenters. The Morgan fingerprint density at radius 2 is 1.78 bits per heavy atom. The number of fused-ring (bicyclic) bond motifs is 1. The highest BCUT2D eigenvalue weighted by Gasteiger charge is 2.21. The third-order valence-corrected chi connectivity index (χ3v) is 6.17. The van der Waals surface area contributed by atoms with E-state index in [9.17, 15) is 4.79 Å². The van der Waals surface area contributed by atoms with Gasteiger partial charge in [-0.1, -0.05) is 36.7 Å². The van der Waals surface area contributed by atoms with Gasteiger partial charge in [-0.3, -0.25) is 4.79 Å². The highest BCUT2D eigenvalue weighted by molar-refractivity contribution is 6.30. The van der Waals surface area contributed by atoms with Gasteiger partial charge in [0.2, 0.25) is 5.95 Å². The summed E-state index contributed by atoms with van der Waals surface area (Å²) in [4.78, 5) is 19.3. The first-order chi connectivity index (χ1) is 15.6. The Kier molecular flexibility index (Phi) is 5.53. The normalized spacial score (nSPS) is 14.6. The van der Waals surface area contributed by atoms with Gasteiger partial charge in [-0.15, -0.1) is 5.10 Å². The van der Waals surface area contributed by atoms with Gasteiger partial charge in [-0.05, 0) is 67.3 Å². The summed E-state index contributed by atoms with van der Waals surface area (Å²) in [5, 5.41) is 8.54. The average Bonchev–Trinajstić information content (AvgIpc) is 3.22. The summed E-state index contributed by atoms with van der Waals surface area (Å²) in [6, 6.07) is 21.0. The molecule has 6 nitrogen and oxygen atoms in total. The quantitative estimate of drug-likeness (QED) is 0.440. The van der Waals surface area contributed by atoms with Crippen LogP contribution in [0.25, 0.3) is 16.9 Å². The van der Waals surface area contributed by atoms with Crippen LogP contribution in [0.2, 0.25) is 5.02 Å². The lowest BCUT2D eigenvalue weighted by atomic mass is 9.98. The second kappa shape index (κ2) is 8.63. The van der Waals surface area contributed by atoms with Crippen LogP contribution in [0.1, 0.15) is 30.1 Å². The fourth-order valence-electron chi connectivity index (χ4n) is 4.04. The van der Waals surface area contributed by atoms with Crippen LogP contribution in [-0.4, -0.2) is 38.5 Å². The molecule has 1 aliphatic rings. The van der Waals surface area contributed by atoms with E-state index in [1.165, 1.54) is 0 Å². The maximum absolute atomic E-state index is 12.8. The van der Waals surface area contributed by atoms with E-state index >= 15 is 0 Å². The predicted octanol–water partition coefficient (Wildman–Crippen LogP) is 5.67. The van der Waals surface area contributed by atoms with Crippen molar-refractivity contribution in [2.24, 2.45) is 5.92 Å². The largest absolute Gasteiger partial charge is 0.339 e. The Hall–Kier alpha value is -3.38. The molecule has 2 aromatic heterocycles. The molecule has 5 rings (SSSR count). The van der Waals surface area contributed by atoms with Crippen molar-refractivity contribution in [3.05, 3.63) is 77.3 Å². The molecule has 1 amide bonds. The number of halogens is 1. The van der Waals surface area contributed by atoms with Crippen molar-refractivity contribution < 1.29 is 4.79 Å². The van der Waals surface area contributed by atoms with E-state index in [1.54, 1.807) is 4.52 Å². The van der Waals surface area contributed by atoms with E-state index < -0.39 is 0 Å². The molecule has 1 aliphatic heterocycles. The molecule has 1 fully saturated rings. The number of carbonyl (C=O) groups excluding carboxylic acids is 1. The van der Waals surface area contributed by atoms with Crippen LogP contribution >= 0.6 is 11.6 Å². The van der Waals surface area contributed by atoms with Crippen LogP contribution in [0.15, 0.2) is 66.7 Å². The smallest absolute Gasteiger partial charge is 0.253 e. The Balaban J connectivity index is 1.35. The second-order valence-corrected chi connectivity index (χ2v) is 8.74. The minimum Gasteiger partial charge on any atom is -0.339 e. The molecule has 1 saturated heterocycles. The van der Waals surface area contributed by atoms with Crippen LogP contribution in [0.4, 0.5) is 11.6 Å². The summed E-state index contributed by atoms with van der Waals surface area (Å²) in [5.41, 5.74) is 4.14. The molecular formula is C25H24ClN5O. The monoisotopic (exact) mass is 445 g/mol. The number of nitrogens with zero attached hydrogens (tertiary/aromatic N) is 4. The van der Waals surface area contributed by atoms with Crippen molar-refractivity contribution in [3.8, 4) is 11.3 Å². The highest BCUT2D eigenvalue weighted by atomic mass is 35.5. The van der Waals surface area contributed by atoms with Crippen molar-refractivity contribution >= 4 is 34.8 Å². The molecule has 0 spiro atoms. The number of anilines is 2. The third kappa shape index (κ3) is 4.18. The average molecular weight is 446 g/mol. The lowest BCUT2D eigenvalue weighted by molar-refractivity contribution is 0.0697. The van der Waals surface area contributed by atoms with E-state index in [2.05, 4.69) is 22.3 Å². The van der Waals surface area contributed by atoms with E-state index in [4.69, 9.17) is 11.6 Å². The SMILES string of the molecule is CC1CCN(C(=O)c2ccc(Nc3nc4cccc(-c5cccc(Cl)c5)n4n3)cc2)CC1. The molecule has 0 saturated carbocycles. The number of aromatic nitrogens is 3. The molecule has 162 valence electrons. The number of nitrogens with one attached hydrogen (secondary N) is 1. The summed E-state index contributed by atoms with van der Waals surface area (Å²) < 4.78 is 1.79. The minimum absolute atomic E-state index is 0.0977. The van der Waals surface area contributed by atoms with Gasteiger partial charge in [-0.2, -0.15) is 4.98 Å². The van der Waals surface area contributed by atoms with Crippen LogP contribution in [0.5, 0.6) is 0 Å². The number of rotatable bonds is 4. The van der Waals surface area contributed by atoms with Gasteiger partial charge in [-0.25, -0.2) is 4.52 Å². The van der Waals surface area contributed by atoms with E-state index in [-0.39, 0.29) is 5.91 Å². The van der Waals surface area contributed by atoms with Crippen LogP contribution < -0.4 is 5.32 Å². The summed E-state index contributed by atoms with van der Waals surface area (Å²) in [7, 11) is 0. The number of benzene rings is 2. The fraction of sp³-hybridized carbons (Fsp3) is 0.240. The van der Waals surface area contributed by atoms with Gasteiger partial charge in [0.15, 0.2) is 5.65 Å². The number of pyridine rings is 1. The van der Waals surface area contributed by atoms with Crippen LogP contribution in [-0.2, 0) is 0 Å². The predicted molar refractivity (Wildman–Crippen MR) is 127 cm³/mol. The zero-order valence-electron chi connectivity index (χ0n) is 17.8.